The van der Waals surface area contributed by atoms with Crippen molar-refractivity contribution in [3.63, 3.8) is 0 Å². The van der Waals surface area contributed by atoms with Crippen molar-refractivity contribution in [3.05, 3.63) is 0 Å². The van der Waals surface area contributed by atoms with E-state index in [4.69, 9.17) is 10.5 Å². The lowest BCUT2D eigenvalue weighted by atomic mass is 9.93. The number of hydrogen-bond acceptors (Lipinski definition) is 3. The fraction of sp³-hybridized carbons (Fsp3) is 0.923. The average Bonchev–Trinajstić information content (AvgIpc) is 2.74. The van der Waals surface area contributed by atoms with Crippen LogP contribution in [0.1, 0.15) is 40.0 Å². The fourth-order valence-corrected chi connectivity index (χ4v) is 2.42. The van der Waals surface area contributed by atoms with E-state index in [1.165, 1.54) is 0 Å². The number of amides is 1. The van der Waals surface area contributed by atoms with Gasteiger partial charge in [0.05, 0.1) is 12.1 Å². The SMILES string of the molecule is CCCC(N)C(=O)NCC1CCOC1C(C)C.Cl. The van der Waals surface area contributed by atoms with Gasteiger partial charge < -0.3 is 15.8 Å². The van der Waals surface area contributed by atoms with Crippen LogP contribution < -0.4 is 11.1 Å². The number of nitrogens with one attached hydrogen (secondary N) is 1. The van der Waals surface area contributed by atoms with Crippen molar-refractivity contribution in [2.75, 3.05) is 13.2 Å². The molecule has 1 amide bonds. The standard InChI is InChI=1S/C13H26N2O2.ClH/c1-4-5-11(14)13(16)15-8-10-6-7-17-12(10)9(2)3;/h9-12H,4-8,14H2,1-3H3,(H,15,16);1H. The van der Waals surface area contributed by atoms with Crippen LogP contribution in [0.4, 0.5) is 0 Å². The third-order valence-electron chi connectivity index (χ3n) is 3.40. The van der Waals surface area contributed by atoms with Gasteiger partial charge in [-0.1, -0.05) is 27.2 Å². The maximum atomic E-state index is 11.7. The number of rotatable bonds is 6. The van der Waals surface area contributed by atoms with Gasteiger partial charge in [0.25, 0.3) is 0 Å². The topological polar surface area (TPSA) is 64.4 Å². The van der Waals surface area contributed by atoms with E-state index in [1.54, 1.807) is 0 Å². The summed E-state index contributed by atoms with van der Waals surface area (Å²) in [7, 11) is 0. The number of carbonyl (C=O) groups is 1. The molecule has 0 aliphatic carbocycles. The van der Waals surface area contributed by atoms with E-state index < -0.39 is 0 Å². The highest BCUT2D eigenvalue weighted by molar-refractivity contribution is 5.85. The second-order valence-electron chi connectivity index (χ2n) is 5.27. The number of nitrogens with two attached hydrogens (primary N) is 1. The Kier molecular flexibility index (Phi) is 8.57. The molecule has 3 atom stereocenters. The predicted octanol–water partition coefficient (Wildman–Crippen LogP) is 1.71. The van der Waals surface area contributed by atoms with Crippen LogP contribution in [0.2, 0.25) is 0 Å². The van der Waals surface area contributed by atoms with Crippen molar-refractivity contribution >= 4 is 18.3 Å². The van der Waals surface area contributed by atoms with Gasteiger partial charge in [0.15, 0.2) is 0 Å². The first-order chi connectivity index (χ1) is 8.06. The van der Waals surface area contributed by atoms with Gasteiger partial charge in [-0.2, -0.15) is 0 Å². The Bertz CT molecular complexity index is 249. The van der Waals surface area contributed by atoms with Gasteiger partial charge in [-0.15, -0.1) is 12.4 Å². The van der Waals surface area contributed by atoms with Crippen molar-refractivity contribution in [2.24, 2.45) is 17.6 Å². The molecule has 4 nitrogen and oxygen atoms in total. The molecule has 18 heavy (non-hydrogen) atoms. The quantitative estimate of drug-likeness (QED) is 0.777. The van der Waals surface area contributed by atoms with Gasteiger partial charge >= 0.3 is 0 Å². The Balaban J connectivity index is 0.00000289. The third-order valence-corrected chi connectivity index (χ3v) is 3.40. The number of hydrogen-bond donors (Lipinski definition) is 2. The summed E-state index contributed by atoms with van der Waals surface area (Å²) in [5.74, 6) is 0.915. The Labute approximate surface area is 116 Å². The molecule has 108 valence electrons. The molecule has 0 aromatic heterocycles. The van der Waals surface area contributed by atoms with Crippen LogP contribution in [-0.2, 0) is 9.53 Å². The largest absolute Gasteiger partial charge is 0.378 e. The van der Waals surface area contributed by atoms with Crippen LogP contribution in [0.3, 0.4) is 0 Å². The molecule has 1 fully saturated rings. The lowest BCUT2D eigenvalue weighted by molar-refractivity contribution is -0.122. The number of halogens is 1. The molecule has 1 aliphatic rings. The molecule has 0 aromatic rings. The van der Waals surface area contributed by atoms with Gasteiger partial charge in [0.2, 0.25) is 5.91 Å². The molecule has 0 saturated carbocycles. The molecule has 1 rings (SSSR count). The first-order valence-electron chi connectivity index (χ1n) is 6.71. The molecule has 0 radical (unpaired) electrons. The van der Waals surface area contributed by atoms with Crippen LogP contribution in [0.25, 0.3) is 0 Å². The smallest absolute Gasteiger partial charge is 0.236 e. The van der Waals surface area contributed by atoms with Crippen LogP contribution in [-0.4, -0.2) is 31.2 Å². The van der Waals surface area contributed by atoms with Gasteiger partial charge in [0, 0.05) is 19.1 Å². The Morgan fingerprint density at radius 3 is 2.72 bits per heavy atom. The molecule has 0 spiro atoms. The maximum Gasteiger partial charge on any atom is 0.236 e. The summed E-state index contributed by atoms with van der Waals surface area (Å²) in [6, 6.07) is -0.361. The van der Waals surface area contributed by atoms with Gasteiger partial charge in [0.1, 0.15) is 0 Å². The molecule has 5 heteroatoms. The maximum absolute atomic E-state index is 11.7. The minimum Gasteiger partial charge on any atom is -0.378 e. The van der Waals surface area contributed by atoms with Gasteiger partial charge in [-0.3, -0.25) is 4.79 Å². The highest BCUT2D eigenvalue weighted by Crippen LogP contribution is 2.26. The Morgan fingerprint density at radius 2 is 2.17 bits per heavy atom. The van der Waals surface area contributed by atoms with E-state index in [9.17, 15) is 4.79 Å². The molecule has 3 unspecified atom stereocenters. The van der Waals surface area contributed by atoms with Crippen LogP contribution in [0, 0.1) is 11.8 Å². The lowest BCUT2D eigenvalue weighted by Crippen LogP contribution is -2.43. The van der Waals surface area contributed by atoms with Gasteiger partial charge in [-0.25, -0.2) is 0 Å². The normalized spacial score (nSPS) is 24.7. The minimum absolute atomic E-state index is 0. The first kappa shape index (κ1) is 17.7. The molecule has 1 saturated heterocycles. The molecular weight excluding hydrogens is 252 g/mol. The average molecular weight is 279 g/mol. The second kappa shape index (κ2) is 8.73. The monoisotopic (exact) mass is 278 g/mol. The Hall–Kier alpha value is -0.320. The Morgan fingerprint density at radius 1 is 1.50 bits per heavy atom. The van der Waals surface area contributed by atoms with Crippen molar-refractivity contribution in [1.82, 2.24) is 5.32 Å². The van der Waals surface area contributed by atoms with Crippen LogP contribution in [0.15, 0.2) is 0 Å². The highest BCUT2D eigenvalue weighted by atomic mass is 35.5. The number of ether oxygens (including phenoxy) is 1. The van der Waals surface area contributed by atoms with Crippen molar-refractivity contribution < 1.29 is 9.53 Å². The minimum atomic E-state index is -0.361. The summed E-state index contributed by atoms with van der Waals surface area (Å²) in [5.41, 5.74) is 5.76. The molecule has 1 heterocycles. The van der Waals surface area contributed by atoms with Crippen molar-refractivity contribution in [1.29, 1.82) is 0 Å². The molecule has 0 aromatic carbocycles. The predicted molar refractivity (Wildman–Crippen MR) is 75.8 cm³/mol. The zero-order valence-corrected chi connectivity index (χ0v) is 12.5. The summed E-state index contributed by atoms with van der Waals surface area (Å²) >= 11 is 0. The zero-order chi connectivity index (χ0) is 12.8. The van der Waals surface area contributed by atoms with E-state index in [-0.39, 0.29) is 30.5 Å². The van der Waals surface area contributed by atoms with E-state index in [2.05, 4.69) is 19.2 Å². The van der Waals surface area contributed by atoms with Crippen molar-refractivity contribution in [3.8, 4) is 0 Å². The third kappa shape index (κ3) is 5.12. The van der Waals surface area contributed by atoms with Crippen molar-refractivity contribution in [2.45, 2.75) is 52.2 Å². The second-order valence-corrected chi connectivity index (χ2v) is 5.27. The molecular formula is C13H27ClN2O2. The van der Waals surface area contributed by atoms with E-state index >= 15 is 0 Å². The van der Waals surface area contributed by atoms with Gasteiger partial charge in [-0.05, 0) is 18.8 Å². The summed E-state index contributed by atoms with van der Waals surface area (Å²) in [5, 5.41) is 2.95. The summed E-state index contributed by atoms with van der Waals surface area (Å²) in [4.78, 5) is 11.7. The van der Waals surface area contributed by atoms with E-state index in [0.717, 1.165) is 25.9 Å². The fourth-order valence-electron chi connectivity index (χ4n) is 2.42. The first-order valence-corrected chi connectivity index (χ1v) is 6.71. The molecule has 3 N–H and O–H groups in total. The van der Waals surface area contributed by atoms with E-state index in [1.807, 2.05) is 6.92 Å². The molecule has 0 bridgehead atoms. The number of carbonyl (C=O) groups excluding carboxylic acids is 1. The van der Waals surface area contributed by atoms with Crippen LogP contribution in [0.5, 0.6) is 0 Å². The summed E-state index contributed by atoms with van der Waals surface area (Å²) in [6.45, 7) is 7.86. The van der Waals surface area contributed by atoms with E-state index in [0.29, 0.717) is 18.4 Å². The lowest BCUT2D eigenvalue weighted by Gasteiger charge is -2.22. The van der Waals surface area contributed by atoms with Crippen LogP contribution >= 0.6 is 12.4 Å². The zero-order valence-electron chi connectivity index (χ0n) is 11.6. The summed E-state index contributed by atoms with van der Waals surface area (Å²) in [6.07, 6.45) is 3.00. The summed E-state index contributed by atoms with van der Waals surface area (Å²) < 4.78 is 5.68. The molecule has 1 aliphatic heterocycles. The highest BCUT2D eigenvalue weighted by Gasteiger charge is 2.30.